The van der Waals surface area contributed by atoms with Crippen LogP contribution in [0.3, 0.4) is 0 Å². The van der Waals surface area contributed by atoms with Gasteiger partial charge in [-0.05, 0) is 19.1 Å². The lowest BCUT2D eigenvalue weighted by atomic mass is 10.4. The third kappa shape index (κ3) is 2.83. The molecule has 0 radical (unpaired) electrons. The standard InChI is InChI=1S/C10H14N6O/c1-6-3-4-7(17-6)5-13-10-15-8(11)14-9(12-2)16-10/h3-4H,5H2,1-2H3,(H4,11,12,13,14,15,16). The van der Waals surface area contributed by atoms with Crippen molar-refractivity contribution in [3.63, 3.8) is 0 Å². The van der Waals surface area contributed by atoms with Crippen molar-refractivity contribution in [1.29, 1.82) is 0 Å². The summed E-state index contributed by atoms with van der Waals surface area (Å²) in [5.74, 6) is 2.69. The number of nitrogens with zero attached hydrogens (tertiary/aromatic N) is 3. The van der Waals surface area contributed by atoms with Crippen LogP contribution >= 0.6 is 0 Å². The Balaban J connectivity index is 2.05. The van der Waals surface area contributed by atoms with E-state index in [4.69, 9.17) is 10.2 Å². The predicted molar refractivity (Wildman–Crippen MR) is 64.6 cm³/mol. The Morgan fingerprint density at radius 2 is 2.00 bits per heavy atom. The quantitative estimate of drug-likeness (QED) is 0.725. The van der Waals surface area contributed by atoms with Crippen molar-refractivity contribution in [2.45, 2.75) is 13.5 Å². The van der Waals surface area contributed by atoms with Gasteiger partial charge >= 0.3 is 0 Å². The summed E-state index contributed by atoms with van der Waals surface area (Å²) in [5, 5.41) is 5.82. The van der Waals surface area contributed by atoms with Gasteiger partial charge in [-0.25, -0.2) is 0 Å². The van der Waals surface area contributed by atoms with E-state index in [1.165, 1.54) is 0 Å². The molecule has 2 aromatic heterocycles. The molecule has 0 saturated carbocycles. The van der Waals surface area contributed by atoms with E-state index in [1.54, 1.807) is 7.05 Å². The van der Waals surface area contributed by atoms with Crippen LogP contribution in [0.4, 0.5) is 17.8 Å². The smallest absolute Gasteiger partial charge is 0.229 e. The zero-order chi connectivity index (χ0) is 12.3. The highest BCUT2D eigenvalue weighted by atomic mass is 16.3. The number of rotatable bonds is 4. The van der Waals surface area contributed by atoms with Crippen LogP contribution in [0, 0.1) is 6.92 Å². The van der Waals surface area contributed by atoms with Gasteiger partial charge in [0.1, 0.15) is 11.5 Å². The molecule has 0 spiro atoms. The van der Waals surface area contributed by atoms with Gasteiger partial charge in [0.15, 0.2) is 0 Å². The van der Waals surface area contributed by atoms with E-state index in [9.17, 15) is 0 Å². The van der Waals surface area contributed by atoms with Gasteiger partial charge in [0.05, 0.1) is 6.54 Å². The molecule has 0 atom stereocenters. The first-order valence-corrected chi connectivity index (χ1v) is 5.16. The monoisotopic (exact) mass is 234 g/mol. The Bertz CT molecular complexity index is 509. The van der Waals surface area contributed by atoms with Gasteiger partial charge in [-0.2, -0.15) is 15.0 Å². The van der Waals surface area contributed by atoms with Gasteiger partial charge in [-0.15, -0.1) is 0 Å². The summed E-state index contributed by atoms with van der Waals surface area (Å²) >= 11 is 0. The summed E-state index contributed by atoms with van der Waals surface area (Å²) in [6, 6.07) is 3.80. The topological polar surface area (TPSA) is 102 Å². The van der Waals surface area contributed by atoms with E-state index in [1.807, 2.05) is 19.1 Å². The molecule has 7 nitrogen and oxygen atoms in total. The normalized spacial score (nSPS) is 10.2. The van der Waals surface area contributed by atoms with E-state index >= 15 is 0 Å². The maximum atomic E-state index is 5.54. The summed E-state index contributed by atoms with van der Waals surface area (Å²) in [5.41, 5.74) is 5.54. The molecule has 0 aliphatic rings. The molecule has 2 aromatic rings. The molecule has 0 amide bonds. The lowest BCUT2D eigenvalue weighted by Crippen LogP contribution is -2.09. The molecular weight excluding hydrogens is 220 g/mol. The first-order chi connectivity index (χ1) is 8.17. The lowest BCUT2D eigenvalue weighted by Gasteiger charge is -2.05. The summed E-state index contributed by atoms with van der Waals surface area (Å²) in [6.07, 6.45) is 0. The Kier molecular flexibility index (Phi) is 3.08. The fraction of sp³-hybridized carbons (Fsp3) is 0.300. The van der Waals surface area contributed by atoms with Crippen molar-refractivity contribution in [1.82, 2.24) is 15.0 Å². The average Bonchev–Trinajstić information content (AvgIpc) is 2.72. The number of hydrogen-bond acceptors (Lipinski definition) is 7. The second-order valence-corrected chi connectivity index (χ2v) is 3.46. The van der Waals surface area contributed by atoms with Crippen LogP contribution < -0.4 is 16.4 Å². The van der Waals surface area contributed by atoms with Crippen LogP contribution in [-0.4, -0.2) is 22.0 Å². The number of anilines is 3. The molecule has 0 unspecified atom stereocenters. The second-order valence-electron chi connectivity index (χ2n) is 3.46. The molecule has 2 rings (SSSR count). The van der Waals surface area contributed by atoms with Crippen LogP contribution in [0.5, 0.6) is 0 Å². The zero-order valence-corrected chi connectivity index (χ0v) is 9.69. The van der Waals surface area contributed by atoms with Crippen molar-refractivity contribution in [2.75, 3.05) is 23.4 Å². The number of aryl methyl sites for hydroxylation is 1. The first-order valence-electron chi connectivity index (χ1n) is 5.16. The number of nitrogen functional groups attached to an aromatic ring is 1. The minimum atomic E-state index is 0.169. The summed E-state index contributed by atoms with van der Waals surface area (Å²) < 4.78 is 5.41. The number of furan rings is 1. The minimum Gasteiger partial charge on any atom is -0.465 e. The first kappa shape index (κ1) is 11.2. The van der Waals surface area contributed by atoms with E-state index < -0.39 is 0 Å². The maximum absolute atomic E-state index is 5.54. The van der Waals surface area contributed by atoms with Gasteiger partial charge < -0.3 is 20.8 Å². The van der Waals surface area contributed by atoms with Crippen molar-refractivity contribution in [3.8, 4) is 0 Å². The third-order valence-corrected chi connectivity index (χ3v) is 2.09. The van der Waals surface area contributed by atoms with Crippen LogP contribution in [0.15, 0.2) is 16.5 Å². The van der Waals surface area contributed by atoms with Gasteiger partial charge in [0.25, 0.3) is 0 Å². The van der Waals surface area contributed by atoms with Crippen LogP contribution in [0.25, 0.3) is 0 Å². The molecule has 7 heteroatoms. The van der Waals surface area contributed by atoms with Crippen molar-refractivity contribution >= 4 is 17.8 Å². The fourth-order valence-corrected chi connectivity index (χ4v) is 1.33. The van der Waals surface area contributed by atoms with Crippen LogP contribution in [0.2, 0.25) is 0 Å². The molecular formula is C10H14N6O. The number of nitrogens with two attached hydrogens (primary N) is 1. The number of nitrogens with one attached hydrogen (secondary N) is 2. The fourth-order valence-electron chi connectivity index (χ4n) is 1.33. The summed E-state index contributed by atoms with van der Waals surface area (Å²) in [4.78, 5) is 12.0. The molecule has 2 heterocycles. The zero-order valence-electron chi connectivity index (χ0n) is 9.69. The highest BCUT2D eigenvalue weighted by Gasteiger charge is 2.04. The number of aromatic nitrogens is 3. The van der Waals surface area contributed by atoms with E-state index in [0.717, 1.165) is 11.5 Å². The molecule has 0 fully saturated rings. The van der Waals surface area contributed by atoms with Gasteiger partial charge in [-0.1, -0.05) is 0 Å². The summed E-state index contributed by atoms with van der Waals surface area (Å²) in [7, 11) is 1.72. The lowest BCUT2D eigenvalue weighted by molar-refractivity contribution is 0.490. The SMILES string of the molecule is CNc1nc(N)nc(NCc2ccc(C)o2)n1. The average molecular weight is 234 g/mol. The Labute approximate surface area is 98.5 Å². The minimum absolute atomic E-state index is 0.169. The largest absolute Gasteiger partial charge is 0.465 e. The Hall–Kier alpha value is -2.31. The Morgan fingerprint density at radius 3 is 2.65 bits per heavy atom. The highest BCUT2D eigenvalue weighted by molar-refractivity contribution is 5.39. The van der Waals surface area contributed by atoms with Crippen LogP contribution in [0.1, 0.15) is 11.5 Å². The molecule has 17 heavy (non-hydrogen) atoms. The highest BCUT2D eigenvalue weighted by Crippen LogP contribution is 2.10. The van der Waals surface area contributed by atoms with E-state index in [-0.39, 0.29) is 5.95 Å². The predicted octanol–water partition coefficient (Wildman–Crippen LogP) is 1.01. The second kappa shape index (κ2) is 4.69. The Morgan fingerprint density at radius 1 is 1.24 bits per heavy atom. The van der Waals surface area contributed by atoms with Crippen LogP contribution in [-0.2, 0) is 6.54 Å². The molecule has 0 aromatic carbocycles. The summed E-state index contributed by atoms with van der Waals surface area (Å²) in [6.45, 7) is 2.39. The molecule has 0 aliphatic carbocycles. The number of hydrogen-bond donors (Lipinski definition) is 3. The maximum Gasteiger partial charge on any atom is 0.229 e. The van der Waals surface area contributed by atoms with E-state index in [2.05, 4.69) is 25.6 Å². The van der Waals surface area contributed by atoms with Gasteiger partial charge in [0, 0.05) is 7.05 Å². The van der Waals surface area contributed by atoms with Crippen molar-refractivity contribution in [2.24, 2.45) is 0 Å². The van der Waals surface area contributed by atoms with E-state index in [0.29, 0.717) is 18.4 Å². The van der Waals surface area contributed by atoms with Crippen molar-refractivity contribution < 1.29 is 4.42 Å². The van der Waals surface area contributed by atoms with Crippen molar-refractivity contribution in [3.05, 3.63) is 23.7 Å². The molecule has 0 saturated heterocycles. The molecule has 90 valence electrons. The van der Waals surface area contributed by atoms with Gasteiger partial charge in [-0.3, -0.25) is 0 Å². The molecule has 0 bridgehead atoms. The third-order valence-electron chi connectivity index (χ3n) is 2.09. The molecule has 4 N–H and O–H groups in total. The van der Waals surface area contributed by atoms with Gasteiger partial charge in [0.2, 0.25) is 17.8 Å². The molecule has 0 aliphatic heterocycles.